The van der Waals surface area contributed by atoms with Crippen molar-refractivity contribution in [3.8, 4) is 0 Å². The first-order chi connectivity index (χ1) is 53.8. The number of aliphatic hydroxyl groups is 11. The van der Waals surface area contributed by atoms with Crippen LogP contribution in [-0.2, 0) is 33.2 Å². The largest absolute Gasteiger partial charge is 0.394 e. The van der Waals surface area contributed by atoms with Crippen LogP contribution in [0.4, 0.5) is 0 Å². The summed E-state index contributed by atoms with van der Waals surface area (Å²) in [6.45, 7) is 1.80. The molecule has 12 N–H and O–H groups in total. The number of hydrogen-bond donors (Lipinski definition) is 12. The predicted molar refractivity (Wildman–Crippen MR) is 443 cm³/mol. The maximum absolute atomic E-state index is 13.5. The van der Waals surface area contributed by atoms with E-state index >= 15 is 0 Å². The molecule has 650 valence electrons. The van der Waals surface area contributed by atoms with E-state index < -0.39 is 124 Å². The Morgan fingerprint density at radius 1 is 0.318 bits per heavy atom. The molecule has 0 spiro atoms. The van der Waals surface area contributed by atoms with Crippen LogP contribution in [0.2, 0.25) is 0 Å². The molecule has 0 aromatic carbocycles. The zero-order valence-corrected chi connectivity index (χ0v) is 70.3. The minimum Gasteiger partial charge on any atom is -0.394 e. The van der Waals surface area contributed by atoms with Gasteiger partial charge >= 0.3 is 0 Å². The molecule has 0 bridgehead atoms. The van der Waals surface area contributed by atoms with Crippen LogP contribution < -0.4 is 5.32 Å². The lowest BCUT2D eigenvalue weighted by molar-refractivity contribution is -0.379. The number of rotatable bonds is 77. The second kappa shape index (κ2) is 71.4. The third-order valence-electron chi connectivity index (χ3n) is 23.5. The van der Waals surface area contributed by atoms with Crippen LogP contribution in [0.5, 0.6) is 0 Å². The van der Waals surface area contributed by atoms with E-state index in [1.165, 1.54) is 347 Å². The third kappa shape index (κ3) is 49.5. The van der Waals surface area contributed by atoms with Crippen molar-refractivity contribution < 1.29 is 89.4 Å². The number of ether oxygens (including phenoxy) is 6. The van der Waals surface area contributed by atoms with Gasteiger partial charge in [0, 0.05) is 6.42 Å². The second-order valence-corrected chi connectivity index (χ2v) is 33.5. The molecule has 17 unspecified atom stereocenters. The van der Waals surface area contributed by atoms with E-state index in [0.717, 1.165) is 38.5 Å². The molecule has 19 nitrogen and oxygen atoms in total. The van der Waals surface area contributed by atoms with Gasteiger partial charge < -0.3 is 89.9 Å². The first-order valence-electron chi connectivity index (χ1n) is 46.6. The summed E-state index contributed by atoms with van der Waals surface area (Å²) in [5.41, 5.74) is 0. The summed E-state index contributed by atoms with van der Waals surface area (Å²) in [5, 5.41) is 121. The molecule has 17 atom stereocenters. The number of amides is 1. The summed E-state index contributed by atoms with van der Waals surface area (Å²) in [5.74, 6) is -0.275. The van der Waals surface area contributed by atoms with Gasteiger partial charge in [-0.15, -0.1) is 0 Å². The highest BCUT2D eigenvalue weighted by molar-refractivity contribution is 5.76. The number of nitrogens with one attached hydrogen (secondary N) is 1. The van der Waals surface area contributed by atoms with Crippen LogP contribution in [-0.4, -0.2) is 193 Å². The average molecular weight is 1570 g/mol. The molecule has 3 aliphatic heterocycles. The Morgan fingerprint density at radius 2 is 0.582 bits per heavy atom. The van der Waals surface area contributed by atoms with E-state index in [1.807, 2.05) is 6.08 Å². The topological polar surface area (TPSA) is 307 Å². The molecule has 0 aromatic rings. The van der Waals surface area contributed by atoms with Gasteiger partial charge in [0.25, 0.3) is 0 Å². The lowest BCUT2D eigenvalue weighted by Gasteiger charge is -2.48. The van der Waals surface area contributed by atoms with Crippen molar-refractivity contribution in [1.29, 1.82) is 0 Å². The fraction of sp³-hybridized carbons (Fsp3) is 0.945. The van der Waals surface area contributed by atoms with Gasteiger partial charge in [0.15, 0.2) is 18.9 Å². The molecule has 3 rings (SSSR count). The maximum Gasteiger partial charge on any atom is 0.220 e. The normalized spacial score (nSPS) is 25.2. The van der Waals surface area contributed by atoms with Crippen molar-refractivity contribution in [2.24, 2.45) is 0 Å². The molecule has 3 aliphatic rings. The SMILES string of the molecule is CCCCCCCCCCCCCCCCCCCCCC/C=C/CC/C=C/C(O)C(COC1OC(CO)C(OC2OC(CO)C(OC3OC(CO)C(O)C(O)C3O)C(O)C2O)C(O)C1O)NC(=O)CCCCCCCCCCCCCCCCCCCCCCCCCCCCCCCCCCCCCCCCC. The zero-order valence-electron chi connectivity index (χ0n) is 70.3. The summed E-state index contributed by atoms with van der Waals surface area (Å²) in [4.78, 5) is 13.5. The summed E-state index contributed by atoms with van der Waals surface area (Å²) >= 11 is 0. The van der Waals surface area contributed by atoms with Gasteiger partial charge in [-0.25, -0.2) is 0 Å². The van der Waals surface area contributed by atoms with Crippen LogP contribution >= 0.6 is 0 Å². The molecule has 3 saturated heterocycles. The molecular weight excluding hydrogens is 1390 g/mol. The highest BCUT2D eigenvalue weighted by atomic mass is 16.8. The molecule has 0 saturated carbocycles. The highest BCUT2D eigenvalue weighted by Gasteiger charge is 2.54. The van der Waals surface area contributed by atoms with Crippen LogP contribution in [0.25, 0.3) is 0 Å². The first kappa shape index (κ1) is 102. The molecule has 110 heavy (non-hydrogen) atoms. The summed E-state index contributed by atoms with van der Waals surface area (Å²) in [7, 11) is 0. The smallest absolute Gasteiger partial charge is 0.220 e. The lowest BCUT2D eigenvalue weighted by atomic mass is 9.96. The van der Waals surface area contributed by atoms with E-state index in [-0.39, 0.29) is 18.9 Å². The fourth-order valence-electron chi connectivity index (χ4n) is 16.1. The van der Waals surface area contributed by atoms with Crippen LogP contribution in [0, 0.1) is 0 Å². The van der Waals surface area contributed by atoms with Gasteiger partial charge in [0.2, 0.25) is 5.91 Å². The van der Waals surface area contributed by atoms with Gasteiger partial charge in [-0.1, -0.05) is 404 Å². The van der Waals surface area contributed by atoms with Crippen molar-refractivity contribution in [2.45, 2.75) is 523 Å². The van der Waals surface area contributed by atoms with Crippen LogP contribution in [0.3, 0.4) is 0 Å². The second-order valence-electron chi connectivity index (χ2n) is 33.5. The van der Waals surface area contributed by atoms with Crippen molar-refractivity contribution in [1.82, 2.24) is 5.32 Å². The molecule has 3 heterocycles. The maximum atomic E-state index is 13.5. The van der Waals surface area contributed by atoms with E-state index in [1.54, 1.807) is 6.08 Å². The number of carbonyl (C=O) groups is 1. The Hall–Kier alpha value is -1.73. The van der Waals surface area contributed by atoms with Gasteiger partial charge in [-0.2, -0.15) is 0 Å². The Balaban J connectivity index is 1.30. The van der Waals surface area contributed by atoms with Gasteiger partial charge in [0.1, 0.15) is 73.2 Å². The Kier molecular flexibility index (Phi) is 66.5. The monoisotopic (exact) mass is 1570 g/mol. The van der Waals surface area contributed by atoms with Gasteiger partial charge in [0.05, 0.1) is 38.6 Å². The van der Waals surface area contributed by atoms with E-state index in [0.29, 0.717) is 12.8 Å². The quantitative estimate of drug-likeness (QED) is 0.0199. The van der Waals surface area contributed by atoms with Crippen molar-refractivity contribution in [3.63, 3.8) is 0 Å². The standard InChI is InChI=1S/C91H173NO18/c1-3-5-7-9-11-13-15-17-19-21-23-25-27-29-31-32-33-34-35-36-37-38-39-40-41-42-43-45-47-49-51-53-55-57-59-61-63-65-67-69-79(97)92-74(75(96)68-66-64-62-60-58-56-54-52-50-48-46-44-30-28-26-24-22-20-18-16-14-12-10-8-6-4-2)73-105-89-85(103)82(100)87(77(71-94)107-89)110-91-86(104)83(101)88(78(72-95)108-91)109-90-84(102)81(99)80(98)76(70-93)106-90/h58,60,66,68,74-78,80-91,93-96,98-104H,3-57,59,61-65,67,69-73H2,1-2H3,(H,92,97)/b60-58+,68-66+. The number of carbonyl (C=O) groups excluding carboxylic acids is 1. The molecular formula is C91H173NO18. The fourth-order valence-corrected chi connectivity index (χ4v) is 16.1. The van der Waals surface area contributed by atoms with E-state index in [9.17, 15) is 61.0 Å². The average Bonchev–Trinajstić information content (AvgIpc) is 0.779. The Bertz CT molecular complexity index is 2070. The number of unbranched alkanes of at least 4 members (excludes halogenated alkanes) is 59. The van der Waals surface area contributed by atoms with Crippen LogP contribution in [0.15, 0.2) is 24.3 Å². The van der Waals surface area contributed by atoms with Gasteiger partial charge in [-0.05, 0) is 32.1 Å². The summed E-state index contributed by atoms with van der Waals surface area (Å²) in [6, 6.07) is -0.989. The molecule has 0 aromatic heterocycles. The highest BCUT2D eigenvalue weighted by Crippen LogP contribution is 2.34. The Labute approximate surface area is 670 Å². The lowest BCUT2D eigenvalue weighted by Crippen LogP contribution is -2.66. The minimum atomic E-state index is -1.98. The molecule has 1 amide bonds. The van der Waals surface area contributed by atoms with Crippen molar-refractivity contribution >= 4 is 5.91 Å². The zero-order chi connectivity index (χ0) is 79.5. The summed E-state index contributed by atoms with van der Waals surface area (Å²) < 4.78 is 34.5. The number of aliphatic hydroxyl groups excluding tert-OH is 11. The van der Waals surface area contributed by atoms with E-state index in [4.69, 9.17) is 28.4 Å². The molecule has 0 aliphatic carbocycles. The number of allylic oxidation sites excluding steroid dienone is 3. The third-order valence-corrected chi connectivity index (χ3v) is 23.5. The Morgan fingerprint density at radius 3 is 0.909 bits per heavy atom. The molecule has 0 radical (unpaired) electrons. The predicted octanol–water partition coefficient (Wildman–Crippen LogP) is 18.0. The van der Waals surface area contributed by atoms with E-state index in [2.05, 4.69) is 31.3 Å². The molecule has 3 fully saturated rings. The van der Waals surface area contributed by atoms with Crippen molar-refractivity contribution in [2.75, 3.05) is 26.4 Å². The first-order valence-corrected chi connectivity index (χ1v) is 46.6. The molecule has 19 heteroatoms. The van der Waals surface area contributed by atoms with Gasteiger partial charge in [-0.3, -0.25) is 4.79 Å². The van der Waals surface area contributed by atoms with Crippen LogP contribution in [0.1, 0.15) is 418 Å². The minimum absolute atomic E-state index is 0.241. The number of hydrogen-bond acceptors (Lipinski definition) is 18. The summed E-state index contributed by atoms with van der Waals surface area (Å²) in [6.07, 6.45) is 63.6. The van der Waals surface area contributed by atoms with Crippen molar-refractivity contribution in [3.05, 3.63) is 24.3 Å².